The fourth-order valence-electron chi connectivity index (χ4n) is 2.82. The normalized spacial score (nSPS) is 19.5. The van der Waals surface area contributed by atoms with Gasteiger partial charge >= 0.3 is 0 Å². The van der Waals surface area contributed by atoms with Gasteiger partial charge in [-0.05, 0) is 25.7 Å². The summed E-state index contributed by atoms with van der Waals surface area (Å²) in [7, 11) is 5.46. The lowest BCUT2D eigenvalue weighted by Crippen LogP contribution is -2.51. The van der Waals surface area contributed by atoms with Crippen molar-refractivity contribution in [3.05, 3.63) is 0 Å². The Morgan fingerprint density at radius 2 is 1.81 bits per heavy atom. The molecule has 1 aliphatic rings. The predicted octanol–water partition coefficient (Wildman–Crippen LogP) is 1.84. The molecule has 0 aliphatic heterocycles. The van der Waals surface area contributed by atoms with E-state index < -0.39 is 0 Å². The monoisotopic (exact) mass is 296 g/mol. The highest BCUT2D eigenvalue weighted by Crippen LogP contribution is 2.38. The molecule has 1 rings (SSSR count). The van der Waals surface area contributed by atoms with Crippen molar-refractivity contribution in [2.45, 2.75) is 52.5 Å². The Balaban J connectivity index is 2.66. The summed E-state index contributed by atoms with van der Waals surface area (Å²) in [4.78, 5) is 18.5. The second-order valence-electron chi connectivity index (χ2n) is 6.79. The molecule has 1 saturated carbocycles. The molecule has 5 nitrogen and oxygen atoms in total. The number of nitrogens with zero attached hydrogens (tertiary/aromatic N) is 2. The molecule has 1 fully saturated rings. The first-order chi connectivity index (χ1) is 9.82. The lowest BCUT2D eigenvalue weighted by Gasteiger charge is -2.32. The van der Waals surface area contributed by atoms with Crippen LogP contribution in [0.4, 0.5) is 0 Å². The van der Waals surface area contributed by atoms with Crippen molar-refractivity contribution in [2.24, 2.45) is 16.3 Å². The SMILES string of the molecule is CN=C(NCC1(C(=O)N(C)C)CCCC1)NC(C)C(C)C. The number of guanidine groups is 1. The van der Waals surface area contributed by atoms with Gasteiger partial charge < -0.3 is 15.5 Å². The molecule has 1 atom stereocenters. The molecule has 0 aromatic carbocycles. The van der Waals surface area contributed by atoms with Gasteiger partial charge in [0.2, 0.25) is 5.91 Å². The van der Waals surface area contributed by atoms with Crippen LogP contribution in [0.3, 0.4) is 0 Å². The summed E-state index contributed by atoms with van der Waals surface area (Å²) >= 11 is 0. The first-order valence-corrected chi connectivity index (χ1v) is 8.01. The molecule has 122 valence electrons. The second-order valence-corrected chi connectivity index (χ2v) is 6.79. The van der Waals surface area contributed by atoms with Gasteiger partial charge in [-0.3, -0.25) is 9.79 Å². The molecule has 0 bridgehead atoms. The van der Waals surface area contributed by atoms with E-state index in [1.165, 1.54) is 0 Å². The van der Waals surface area contributed by atoms with Crippen LogP contribution in [0.5, 0.6) is 0 Å². The Labute approximate surface area is 129 Å². The van der Waals surface area contributed by atoms with E-state index in [0.717, 1.165) is 31.6 Å². The molecule has 0 spiro atoms. The Kier molecular flexibility index (Phi) is 6.49. The minimum Gasteiger partial charge on any atom is -0.355 e. The quantitative estimate of drug-likeness (QED) is 0.601. The van der Waals surface area contributed by atoms with Gasteiger partial charge in [-0.25, -0.2) is 0 Å². The minimum absolute atomic E-state index is 0.236. The topological polar surface area (TPSA) is 56.7 Å². The van der Waals surface area contributed by atoms with E-state index in [-0.39, 0.29) is 11.3 Å². The summed E-state index contributed by atoms with van der Waals surface area (Å²) in [6.45, 7) is 7.17. The van der Waals surface area contributed by atoms with Crippen LogP contribution in [-0.2, 0) is 4.79 Å². The van der Waals surface area contributed by atoms with E-state index in [2.05, 4.69) is 36.4 Å². The summed E-state index contributed by atoms with van der Waals surface area (Å²) in [5.41, 5.74) is -0.262. The van der Waals surface area contributed by atoms with Gasteiger partial charge in [0.25, 0.3) is 0 Å². The first kappa shape index (κ1) is 17.8. The predicted molar refractivity (Wildman–Crippen MR) is 88.4 cm³/mol. The summed E-state index contributed by atoms with van der Waals surface area (Å²) in [6, 6.07) is 0.347. The molecule has 0 heterocycles. The van der Waals surface area contributed by atoms with Crippen LogP contribution < -0.4 is 10.6 Å². The maximum Gasteiger partial charge on any atom is 0.230 e. The Hall–Kier alpha value is -1.26. The molecular weight excluding hydrogens is 264 g/mol. The molecule has 0 saturated heterocycles. The molecule has 21 heavy (non-hydrogen) atoms. The number of aliphatic imine (C=N–C) groups is 1. The van der Waals surface area contributed by atoms with E-state index >= 15 is 0 Å². The fraction of sp³-hybridized carbons (Fsp3) is 0.875. The molecule has 0 radical (unpaired) electrons. The van der Waals surface area contributed by atoms with Crippen LogP contribution in [0.15, 0.2) is 4.99 Å². The van der Waals surface area contributed by atoms with Gasteiger partial charge in [-0.1, -0.05) is 26.7 Å². The third kappa shape index (κ3) is 4.61. The van der Waals surface area contributed by atoms with Crippen molar-refractivity contribution in [1.29, 1.82) is 0 Å². The van der Waals surface area contributed by atoms with Gasteiger partial charge in [-0.15, -0.1) is 0 Å². The van der Waals surface area contributed by atoms with E-state index in [1.807, 2.05) is 14.1 Å². The molecule has 1 unspecified atom stereocenters. The highest BCUT2D eigenvalue weighted by Gasteiger charge is 2.42. The number of carbonyl (C=O) groups excluding carboxylic acids is 1. The summed E-state index contributed by atoms with van der Waals surface area (Å²) in [5.74, 6) is 1.56. The van der Waals surface area contributed by atoms with E-state index in [0.29, 0.717) is 18.5 Å². The van der Waals surface area contributed by atoms with Crippen LogP contribution >= 0.6 is 0 Å². The number of carbonyl (C=O) groups is 1. The zero-order chi connectivity index (χ0) is 16.0. The standard InChI is InChI=1S/C16H32N4O/c1-12(2)13(3)19-15(17-4)18-11-16(9-7-8-10-16)14(21)20(5)6/h12-13H,7-11H2,1-6H3,(H2,17,18,19). The van der Waals surface area contributed by atoms with Crippen molar-refractivity contribution in [3.8, 4) is 0 Å². The highest BCUT2D eigenvalue weighted by molar-refractivity contribution is 5.85. The van der Waals surface area contributed by atoms with Gasteiger partial charge in [-0.2, -0.15) is 0 Å². The van der Waals surface area contributed by atoms with Crippen LogP contribution in [0.1, 0.15) is 46.5 Å². The molecule has 5 heteroatoms. The van der Waals surface area contributed by atoms with E-state index in [4.69, 9.17) is 0 Å². The third-order valence-electron chi connectivity index (χ3n) is 4.60. The second kappa shape index (κ2) is 7.66. The fourth-order valence-corrected chi connectivity index (χ4v) is 2.82. The molecule has 1 amide bonds. The summed E-state index contributed by atoms with van der Waals surface area (Å²) in [6.07, 6.45) is 4.20. The average molecular weight is 296 g/mol. The lowest BCUT2D eigenvalue weighted by molar-refractivity contribution is -0.138. The zero-order valence-electron chi connectivity index (χ0n) is 14.5. The first-order valence-electron chi connectivity index (χ1n) is 8.01. The van der Waals surface area contributed by atoms with Crippen molar-refractivity contribution in [3.63, 3.8) is 0 Å². The molecule has 2 N–H and O–H groups in total. The molecule has 0 aromatic heterocycles. The van der Waals surface area contributed by atoms with Crippen LogP contribution in [0.2, 0.25) is 0 Å². The number of amides is 1. The Morgan fingerprint density at radius 3 is 2.24 bits per heavy atom. The van der Waals surface area contributed by atoms with Crippen molar-refractivity contribution >= 4 is 11.9 Å². The van der Waals surface area contributed by atoms with Crippen LogP contribution in [0.25, 0.3) is 0 Å². The largest absolute Gasteiger partial charge is 0.355 e. The summed E-state index contributed by atoms with van der Waals surface area (Å²) in [5, 5.41) is 6.75. The number of hydrogen-bond donors (Lipinski definition) is 2. The summed E-state index contributed by atoms with van der Waals surface area (Å²) < 4.78 is 0. The Morgan fingerprint density at radius 1 is 1.24 bits per heavy atom. The highest BCUT2D eigenvalue weighted by atomic mass is 16.2. The van der Waals surface area contributed by atoms with E-state index in [1.54, 1.807) is 11.9 Å². The van der Waals surface area contributed by atoms with Crippen LogP contribution in [-0.4, -0.2) is 50.5 Å². The van der Waals surface area contributed by atoms with Crippen molar-refractivity contribution < 1.29 is 4.79 Å². The molecule has 0 aromatic rings. The minimum atomic E-state index is -0.262. The van der Waals surface area contributed by atoms with Crippen molar-refractivity contribution in [2.75, 3.05) is 27.7 Å². The number of nitrogens with one attached hydrogen (secondary N) is 2. The maximum atomic E-state index is 12.5. The van der Waals surface area contributed by atoms with Gasteiger partial charge in [0.1, 0.15) is 0 Å². The molecule has 1 aliphatic carbocycles. The Bertz CT molecular complexity index is 370. The van der Waals surface area contributed by atoms with Crippen LogP contribution in [0, 0.1) is 11.3 Å². The van der Waals surface area contributed by atoms with E-state index in [9.17, 15) is 4.79 Å². The van der Waals surface area contributed by atoms with Crippen molar-refractivity contribution in [1.82, 2.24) is 15.5 Å². The maximum absolute atomic E-state index is 12.5. The smallest absolute Gasteiger partial charge is 0.230 e. The third-order valence-corrected chi connectivity index (χ3v) is 4.60. The van der Waals surface area contributed by atoms with Gasteiger partial charge in [0.05, 0.1) is 5.41 Å². The van der Waals surface area contributed by atoms with Gasteiger partial charge in [0.15, 0.2) is 5.96 Å². The lowest BCUT2D eigenvalue weighted by atomic mass is 9.84. The zero-order valence-corrected chi connectivity index (χ0v) is 14.5. The average Bonchev–Trinajstić information content (AvgIpc) is 2.91. The number of hydrogen-bond acceptors (Lipinski definition) is 2. The number of rotatable bonds is 5. The molecular formula is C16H32N4O. The van der Waals surface area contributed by atoms with Gasteiger partial charge in [0, 0.05) is 33.7 Å².